The summed E-state index contributed by atoms with van der Waals surface area (Å²) in [6.07, 6.45) is 0. The van der Waals surface area contributed by atoms with Gasteiger partial charge in [0.1, 0.15) is 0 Å². The summed E-state index contributed by atoms with van der Waals surface area (Å²) in [4.78, 5) is 10.8. The summed E-state index contributed by atoms with van der Waals surface area (Å²) < 4.78 is 25.8. The Balaban J connectivity index is 3.13. The van der Waals surface area contributed by atoms with Gasteiger partial charge < -0.3 is 5.11 Å². The number of aromatic carboxylic acids is 1. The molecule has 0 unspecified atom stereocenters. The van der Waals surface area contributed by atoms with Gasteiger partial charge in [0.2, 0.25) is 10.0 Å². The summed E-state index contributed by atoms with van der Waals surface area (Å²) in [5.41, 5.74) is -0.115. The normalized spacial score (nSPS) is 11.6. The summed E-state index contributed by atoms with van der Waals surface area (Å²) in [5, 5.41) is 8.70. The lowest BCUT2D eigenvalue weighted by Gasteiger charge is -2.13. The molecule has 106 valence electrons. The molecule has 0 saturated carbocycles. The Hall–Kier alpha value is -0.980. The van der Waals surface area contributed by atoms with E-state index in [1.165, 1.54) is 0 Å². The van der Waals surface area contributed by atoms with Crippen LogP contribution in [0.1, 0.15) is 24.2 Å². The largest absolute Gasteiger partial charge is 0.478 e. The fraction of sp³-hybridized carbons (Fsp3) is 0.364. The Morgan fingerprint density at radius 2 is 1.79 bits per heavy atom. The molecule has 0 radical (unpaired) electrons. The lowest BCUT2D eigenvalue weighted by Crippen LogP contribution is -2.20. The second-order valence-electron chi connectivity index (χ2n) is 4.40. The molecule has 1 aromatic rings. The van der Waals surface area contributed by atoms with Gasteiger partial charge in [-0.2, -0.15) is 0 Å². The van der Waals surface area contributed by atoms with Crippen LogP contribution >= 0.6 is 23.2 Å². The molecule has 1 aromatic carbocycles. The van der Waals surface area contributed by atoms with Gasteiger partial charge in [0, 0.05) is 0 Å². The molecule has 0 spiro atoms. The van der Waals surface area contributed by atoms with Gasteiger partial charge in [-0.1, -0.05) is 37.0 Å². The summed E-state index contributed by atoms with van der Waals surface area (Å²) in [6, 6.07) is 2.28. The Kier molecular flexibility index (Phi) is 5.06. The van der Waals surface area contributed by atoms with Gasteiger partial charge in [0.05, 0.1) is 27.0 Å². The van der Waals surface area contributed by atoms with E-state index >= 15 is 0 Å². The lowest BCUT2D eigenvalue weighted by atomic mass is 10.2. The molecule has 0 heterocycles. The number of carbonyl (C=O) groups is 1. The Bertz CT molecular complexity index is 576. The zero-order valence-corrected chi connectivity index (χ0v) is 12.6. The van der Waals surface area contributed by atoms with Crippen LogP contribution in [0.5, 0.6) is 0 Å². The van der Waals surface area contributed by atoms with E-state index in [0.717, 1.165) is 12.1 Å². The van der Waals surface area contributed by atoms with E-state index in [0.29, 0.717) is 0 Å². The van der Waals surface area contributed by atoms with E-state index in [4.69, 9.17) is 28.3 Å². The number of hydrogen-bond acceptors (Lipinski definition) is 3. The van der Waals surface area contributed by atoms with Crippen LogP contribution in [-0.2, 0) is 10.0 Å². The highest BCUT2D eigenvalue weighted by Gasteiger charge is 2.18. The van der Waals surface area contributed by atoms with Crippen molar-refractivity contribution in [2.75, 3.05) is 10.5 Å². The molecule has 19 heavy (non-hydrogen) atoms. The van der Waals surface area contributed by atoms with Gasteiger partial charge in [-0.05, 0) is 18.1 Å². The first-order chi connectivity index (χ1) is 8.62. The van der Waals surface area contributed by atoms with Gasteiger partial charge in [-0.25, -0.2) is 13.2 Å². The number of sulfonamides is 1. The van der Waals surface area contributed by atoms with Gasteiger partial charge in [-0.3, -0.25) is 4.72 Å². The molecular weight excluding hydrogens is 313 g/mol. The summed E-state index contributed by atoms with van der Waals surface area (Å²) in [7, 11) is -3.58. The van der Waals surface area contributed by atoms with Crippen molar-refractivity contribution in [1.82, 2.24) is 0 Å². The van der Waals surface area contributed by atoms with Crippen LogP contribution in [0, 0.1) is 5.92 Å². The zero-order chi connectivity index (χ0) is 14.8. The van der Waals surface area contributed by atoms with Crippen molar-refractivity contribution in [2.24, 2.45) is 5.92 Å². The maximum Gasteiger partial charge on any atom is 0.335 e. The van der Waals surface area contributed by atoms with Gasteiger partial charge >= 0.3 is 5.97 Å². The van der Waals surface area contributed by atoms with Crippen LogP contribution in [0.4, 0.5) is 5.69 Å². The van der Waals surface area contributed by atoms with E-state index in [1.807, 2.05) is 0 Å². The van der Waals surface area contributed by atoms with Crippen molar-refractivity contribution in [3.05, 3.63) is 27.7 Å². The van der Waals surface area contributed by atoms with Crippen LogP contribution in [0.15, 0.2) is 12.1 Å². The maximum absolute atomic E-state index is 11.8. The first-order valence-corrected chi connectivity index (χ1v) is 7.76. The zero-order valence-electron chi connectivity index (χ0n) is 10.3. The van der Waals surface area contributed by atoms with Crippen molar-refractivity contribution in [1.29, 1.82) is 0 Å². The molecule has 2 N–H and O–H groups in total. The maximum atomic E-state index is 11.8. The molecule has 5 nitrogen and oxygen atoms in total. The molecule has 0 aliphatic carbocycles. The highest BCUT2D eigenvalue weighted by Crippen LogP contribution is 2.32. The van der Waals surface area contributed by atoms with E-state index in [2.05, 4.69) is 4.72 Å². The smallest absolute Gasteiger partial charge is 0.335 e. The molecule has 8 heteroatoms. The number of nitrogens with one attached hydrogen (secondary N) is 1. The minimum atomic E-state index is -3.58. The molecule has 0 saturated heterocycles. The van der Waals surface area contributed by atoms with Crippen molar-refractivity contribution < 1.29 is 18.3 Å². The third-order valence-corrected chi connectivity index (χ3v) is 4.32. The average Bonchev–Trinajstić information content (AvgIpc) is 2.21. The molecular formula is C11H13Cl2NO4S. The summed E-state index contributed by atoms with van der Waals surface area (Å²) >= 11 is 11.7. The quantitative estimate of drug-likeness (QED) is 0.871. The molecule has 0 fully saturated rings. The molecule has 0 atom stereocenters. The first kappa shape index (κ1) is 16.1. The van der Waals surface area contributed by atoms with E-state index < -0.39 is 16.0 Å². The second-order valence-corrected chi connectivity index (χ2v) is 6.98. The van der Waals surface area contributed by atoms with Crippen molar-refractivity contribution >= 4 is 44.9 Å². The van der Waals surface area contributed by atoms with E-state index in [-0.39, 0.29) is 33.0 Å². The van der Waals surface area contributed by atoms with Crippen LogP contribution in [0.2, 0.25) is 10.0 Å². The molecule has 0 amide bonds. The first-order valence-electron chi connectivity index (χ1n) is 5.35. The standard InChI is InChI=1S/C11H13Cl2NO4S/c1-6(2)5-19(17,18)14-10-8(12)3-7(11(15)16)4-9(10)13/h3-4,6,14H,5H2,1-2H3,(H,15,16). The SMILES string of the molecule is CC(C)CS(=O)(=O)Nc1c(Cl)cc(C(=O)O)cc1Cl. The monoisotopic (exact) mass is 325 g/mol. The van der Waals surface area contributed by atoms with Crippen LogP contribution in [-0.4, -0.2) is 25.2 Å². The fourth-order valence-corrected chi connectivity index (χ4v) is 3.62. The number of hydrogen-bond donors (Lipinski definition) is 2. The average molecular weight is 326 g/mol. The molecule has 0 aliphatic rings. The van der Waals surface area contributed by atoms with E-state index in [1.54, 1.807) is 13.8 Å². The predicted molar refractivity (Wildman–Crippen MR) is 75.7 cm³/mol. The summed E-state index contributed by atoms with van der Waals surface area (Å²) in [5.74, 6) is -1.34. The number of carboxylic acid groups (broad SMARTS) is 1. The van der Waals surface area contributed by atoms with Gasteiger partial charge in [0.25, 0.3) is 0 Å². The number of rotatable bonds is 5. The highest BCUT2D eigenvalue weighted by atomic mass is 35.5. The highest BCUT2D eigenvalue weighted by molar-refractivity contribution is 7.92. The minimum Gasteiger partial charge on any atom is -0.478 e. The third kappa shape index (κ3) is 4.56. The topological polar surface area (TPSA) is 83.5 Å². The molecule has 1 rings (SSSR count). The number of benzene rings is 1. The Labute approximate surface area is 121 Å². The minimum absolute atomic E-state index is 0.00557. The Morgan fingerprint density at radius 3 is 2.16 bits per heavy atom. The lowest BCUT2D eigenvalue weighted by molar-refractivity contribution is 0.0697. The number of anilines is 1. The number of carboxylic acids is 1. The van der Waals surface area contributed by atoms with Crippen LogP contribution < -0.4 is 4.72 Å². The van der Waals surface area contributed by atoms with Crippen molar-refractivity contribution in [2.45, 2.75) is 13.8 Å². The number of halogens is 2. The molecule has 0 aromatic heterocycles. The Morgan fingerprint density at radius 1 is 1.32 bits per heavy atom. The van der Waals surface area contributed by atoms with Gasteiger partial charge in [0.15, 0.2) is 0 Å². The van der Waals surface area contributed by atoms with Crippen molar-refractivity contribution in [3.63, 3.8) is 0 Å². The van der Waals surface area contributed by atoms with Crippen LogP contribution in [0.25, 0.3) is 0 Å². The van der Waals surface area contributed by atoms with E-state index in [9.17, 15) is 13.2 Å². The predicted octanol–water partition coefficient (Wildman–Crippen LogP) is 3.09. The summed E-state index contributed by atoms with van der Waals surface area (Å²) in [6.45, 7) is 3.52. The van der Waals surface area contributed by atoms with Crippen LogP contribution in [0.3, 0.4) is 0 Å². The molecule has 0 aliphatic heterocycles. The van der Waals surface area contributed by atoms with Crippen molar-refractivity contribution in [3.8, 4) is 0 Å². The second kappa shape index (κ2) is 5.98. The molecule has 0 bridgehead atoms. The van der Waals surface area contributed by atoms with Gasteiger partial charge in [-0.15, -0.1) is 0 Å². The third-order valence-electron chi connectivity index (χ3n) is 2.10. The fourth-order valence-electron chi connectivity index (χ4n) is 1.43.